The first-order valence-electron chi connectivity index (χ1n) is 5.43. The molecule has 0 saturated carbocycles. The number of nitrogens with two attached hydrogens (primary N) is 1. The molecule has 19 heavy (non-hydrogen) atoms. The summed E-state index contributed by atoms with van der Waals surface area (Å²) < 4.78 is 21.0. The smallest absolute Gasteiger partial charge is 0.240 e. The molecular formula is C11H10ClN3O4. The number of rotatable bonds is 3. The zero-order chi connectivity index (χ0) is 13.4. The van der Waals surface area contributed by atoms with Crippen molar-refractivity contribution < 1.29 is 18.7 Å². The van der Waals surface area contributed by atoms with E-state index in [-0.39, 0.29) is 13.3 Å². The monoisotopic (exact) mass is 283 g/mol. The summed E-state index contributed by atoms with van der Waals surface area (Å²) in [6, 6.07) is 1.62. The molecule has 1 aromatic carbocycles. The van der Waals surface area contributed by atoms with Crippen molar-refractivity contribution in [1.82, 2.24) is 10.1 Å². The quantitative estimate of drug-likeness (QED) is 0.914. The Balaban J connectivity index is 2.23. The molecule has 0 spiro atoms. The maximum atomic E-state index is 6.13. The van der Waals surface area contributed by atoms with Crippen molar-refractivity contribution >= 4 is 11.6 Å². The average molecular weight is 284 g/mol. The molecule has 8 heteroatoms. The topological polar surface area (TPSA) is 92.6 Å². The second kappa shape index (κ2) is 4.60. The van der Waals surface area contributed by atoms with Crippen LogP contribution in [-0.4, -0.2) is 24.0 Å². The lowest BCUT2D eigenvalue weighted by Crippen LogP contribution is -1.97. The van der Waals surface area contributed by atoms with E-state index in [0.29, 0.717) is 39.5 Å². The van der Waals surface area contributed by atoms with E-state index in [0.717, 1.165) is 0 Å². The van der Waals surface area contributed by atoms with Gasteiger partial charge in [-0.3, -0.25) is 0 Å². The van der Waals surface area contributed by atoms with Crippen LogP contribution in [0.15, 0.2) is 10.6 Å². The summed E-state index contributed by atoms with van der Waals surface area (Å²) in [4.78, 5) is 4.15. The molecule has 1 aromatic heterocycles. The number of ether oxygens (including phenoxy) is 3. The van der Waals surface area contributed by atoms with Crippen molar-refractivity contribution in [3.05, 3.63) is 17.0 Å². The van der Waals surface area contributed by atoms with E-state index < -0.39 is 0 Å². The van der Waals surface area contributed by atoms with E-state index in [1.54, 1.807) is 6.07 Å². The van der Waals surface area contributed by atoms with E-state index in [9.17, 15) is 0 Å². The largest absolute Gasteiger partial charge is 0.494 e. The number of nitrogens with zero attached hydrogens (tertiary/aromatic N) is 2. The Labute approximate surface area is 113 Å². The highest BCUT2D eigenvalue weighted by molar-refractivity contribution is 6.33. The maximum absolute atomic E-state index is 6.13. The van der Waals surface area contributed by atoms with E-state index in [1.807, 2.05) is 0 Å². The molecule has 1 aliphatic heterocycles. The first kappa shape index (κ1) is 12.1. The first-order chi connectivity index (χ1) is 9.24. The van der Waals surface area contributed by atoms with Gasteiger partial charge in [0.2, 0.25) is 18.5 Å². The Morgan fingerprint density at radius 3 is 3.00 bits per heavy atom. The molecule has 0 amide bonds. The maximum Gasteiger partial charge on any atom is 0.240 e. The van der Waals surface area contributed by atoms with Crippen LogP contribution in [0.3, 0.4) is 0 Å². The Bertz CT molecular complexity index is 625. The van der Waals surface area contributed by atoms with Crippen molar-refractivity contribution in [2.45, 2.75) is 6.54 Å². The summed E-state index contributed by atoms with van der Waals surface area (Å²) in [5.74, 6) is 1.99. The molecule has 3 rings (SSSR count). The van der Waals surface area contributed by atoms with Gasteiger partial charge in [0.15, 0.2) is 17.2 Å². The van der Waals surface area contributed by atoms with Gasteiger partial charge >= 0.3 is 0 Å². The zero-order valence-corrected chi connectivity index (χ0v) is 10.7. The lowest BCUT2D eigenvalue weighted by Gasteiger charge is -2.10. The number of hydrogen-bond acceptors (Lipinski definition) is 7. The highest BCUT2D eigenvalue weighted by Gasteiger charge is 2.28. The second-order valence-electron chi connectivity index (χ2n) is 3.72. The SMILES string of the molecule is COc1c(Cl)cc2c(c1-c1noc(CN)n1)OCO2. The van der Waals surface area contributed by atoms with Crippen LogP contribution in [0.25, 0.3) is 11.4 Å². The Morgan fingerprint density at radius 2 is 2.32 bits per heavy atom. The van der Waals surface area contributed by atoms with Crippen LogP contribution in [0.4, 0.5) is 0 Å². The van der Waals surface area contributed by atoms with Crippen molar-refractivity contribution in [2.24, 2.45) is 5.73 Å². The van der Waals surface area contributed by atoms with Gasteiger partial charge in [-0.2, -0.15) is 4.98 Å². The highest BCUT2D eigenvalue weighted by atomic mass is 35.5. The predicted molar refractivity (Wildman–Crippen MR) is 65.3 cm³/mol. The van der Waals surface area contributed by atoms with Gasteiger partial charge < -0.3 is 24.5 Å². The van der Waals surface area contributed by atoms with E-state index >= 15 is 0 Å². The Kier molecular flexibility index (Phi) is 2.92. The molecule has 0 radical (unpaired) electrons. The van der Waals surface area contributed by atoms with Crippen molar-refractivity contribution in [1.29, 1.82) is 0 Å². The van der Waals surface area contributed by atoms with Gasteiger partial charge in [-0.1, -0.05) is 16.8 Å². The summed E-state index contributed by atoms with van der Waals surface area (Å²) >= 11 is 6.13. The van der Waals surface area contributed by atoms with Gasteiger partial charge in [-0.05, 0) is 0 Å². The number of methoxy groups -OCH3 is 1. The fraction of sp³-hybridized carbons (Fsp3) is 0.273. The molecule has 0 atom stereocenters. The van der Waals surface area contributed by atoms with Gasteiger partial charge in [-0.15, -0.1) is 0 Å². The lowest BCUT2D eigenvalue weighted by molar-refractivity contribution is 0.174. The fourth-order valence-corrected chi connectivity index (χ4v) is 2.11. The molecular weight excluding hydrogens is 274 g/mol. The van der Waals surface area contributed by atoms with Gasteiger partial charge in [0.25, 0.3) is 0 Å². The molecule has 0 unspecified atom stereocenters. The van der Waals surface area contributed by atoms with Crippen LogP contribution in [0, 0.1) is 0 Å². The molecule has 2 aromatic rings. The minimum Gasteiger partial charge on any atom is -0.494 e. The van der Waals surface area contributed by atoms with Crippen LogP contribution >= 0.6 is 11.6 Å². The molecule has 0 saturated heterocycles. The molecule has 100 valence electrons. The Hall–Kier alpha value is -1.99. The van der Waals surface area contributed by atoms with E-state index in [4.69, 9.17) is 36.1 Å². The predicted octanol–water partition coefficient (Wildman–Crippen LogP) is 1.59. The number of halogens is 1. The van der Waals surface area contributed by atoms with E-state index in [2.05, 4.69) is 10.1 Å². The van der Waals surface area contributed by atoms with Crippen molar-refractivity contribution in [3.8, 4) is 28.6 Å². The van der Waals surface area contributed by atoms with Gasteiger partial charge in [0.05, 0.1) is 18.7 Å². The summed E-state index contributed by atoms with van der Waals surface area (Å²) in [7, 11) is 1.50. The van der Waals surface area contributed by atoms with Gasteiger partial charge in [0, 0.05) is 6.07 Å². The minimum absolute atomic E-state index is 0.105. The van der Waals surface area contributed by atoms with Crippen LogP contribution in [0.2, 0.25) is 5.02 Å². The molecule has 0 aliphatic carbocycles. The second-order valence-corrected chi connectivity index (χ2v) is 4.12. The minimum atomic E-state index is 0.105. The molecule has 0 bridgehead atoms. The summed E-state index contributed by atoms with van der Waals surface area (Å²) in [6.07, 6.45) is 0. The van der Waals surface area contributed by atoms with Crippen LogP contribution in [-0.2, 0) is 6.54 Å². The highest BCUT2D eigenvalue weighted by Crippen LogP contribution is 2.49. The lowest BCUT2D eigenvalue weighted by atomic mass is 10.1. The third-order valence-electron chi connectivity index (χ3n) is 2.64. The standard InChI is InChI=1S/C11H10ClN3O4/c1-16-9-5(12)2-6-10(18-4-17-6)8(9)11-14-7(3-13)19-15-11/h2H,3-4,13H2,1H3. The van der Waals surface area contributed by atoms with Gasteiger partial charge in [0.1, 0.15) is 5.56 Å². The van der Waals surface area contributed by atoms with Crippen molar-refractivity contribution in [2.75, 3.05) is 13.9 Å². The molecule has 1 aliphatic rings. The summed E-state index contributed by atoms with van der Waals surface area (Å²) in [6.45, 7) is 0.253. The molecule has 2 heterocycles. The Morgan fingerprint density at radius 1 is 1.47 bits per heavy atom. The van der Waals surface area contributed by atoms with Crippen molar-refractivity contribution in [3.63, 3.8) is 0 Å². The molecule has 0 fully saturated rings. The fourth-order valence-electron chi connectivity index (χ4n) is 1.84. The van der Waals surface area contributed by atoms with Crippen LogP contribution in [0.5, 0.6) is 17.2 Å². The third-order valence-corrected chi connectivity index (χ3v) is 2.92. The van der Waals surface area contributed by atoms with Crippen LogP contribution < -0.4 is 19.9 Å². The van der Waals surface area contributed by atoms with E-state index in [1.165, 1.54) is 7.11 Å². The molecule has 2 N–H and O–H groups in total. The van der Waals surface area contributed by atoms with Crippen LogP contribution in [0.1, 0.15) is 5.89 Å². The summed E-state index contributed by atoms with van der Waals surface area (Å²) in [5.41, 5.74) is 5.94. The van der Waals surface area contributed by atoms with Gasteiger partial charge in [-0.25, -0.2) is 0 Å². The number of benzene rings is 1. The third kappa shape index (κ3) is 1.87. The number of fused-ring (bicyclic) bond motifs is 1. The summed E-state index contributed by atoms with van der Waals surface area (Å²) in [5, 5.41) is 4.22. The zero-order valence-electron chi connectivity index (χ0n) is 9.97. The average Bonchev–Trinajstić information content (AvgIpc) is 3.05. The number of hydrogen-bond donors (Lipinski definition) is 1. The molecule has 7 nitrogen and oxygen atoms in total. The number of aromatic nitrogens is 2. The normalized spacial score (nSPS) is 12.8. The first-order valence-corrected chi connectivity index (χ1v) is 5.81.